The molecular weight excluding hydrogens is 352 g/mol. The van der Waals surface area contributed by atoms with E-state index in [-0.39, 0.29) is 0 Å². The van der Waals surface area contributed by atoms with Gasteiger partial charge in [-0.05, 0) is 51.1 Å². The first kappa shape index (κ1) is 22.5. The van der Waals surface area contributed by atoms with Gasteiger partial charge in [0, 0.05) is 38.3 Å². The first-order chi connectivity index (χ1) is 12.6. The van der Waals surface area contributed by atoms with Crippen molar-refractivity contribution in [1.82, 2.24) is 15.5 Å². The fraction of sp³-hybridized carbons (Fsp3) is 0.632. The standard InChI is InChI=1S/C19H33ClN4O2/c1-5-21-19(22-10-6-12-24(2)13-14-25-3)23-11-9-16-7-8-17(26-4)15-18(16)20/h7-8,15H,5-6,9-14H2,1-4H3,(H2,21,22,23). The van der Waals surface area contributed by atoms with Crippen molar-refractivity contribution in [3.05, 3.63) is 28.8 Å². The number of hydrogen-bond donors (Lipinski definition) is 2. The number of halogens is 1. The SMILES string of the molecule is CCNC(=NCCCN(C)CCOC)NCCc1ccc(OC)cc1Cl. The molecule has 0 atom stereocenters. The van der Waals surface area contributed by atoms with Crippen molar-refractivity contribution in [3.8, 4) is 5.75 Å². The van der Waals surface area contributed by atoms with Gasteiger partial charge >= 0.3 is 0 Å². The van der Waals surface area contributed by atoms with E-state index in [1.807, 2.05) is 18.2 Å². The van der Waals surface area contributed by atoms with E-state index in [1.165, 1.54) is 0 Å². The Morgan fingerprint density at radius 2 is 2.04 bits per heavy atom. The molecule has 0 spiro atoms. The maximum Gasteiger partial charge on any atom is 0.191 e. The molecule has 0 aliphatic heterocycles. The zero-order chi connectivity index (χ0) is 19.2. The molecule has 0 fully saturated rings. The Morgan fingerprint density at radius 1 is 1.23 bits per heavy atom. The van der Waals surface area contributed by atoms with Gasteiger partial charge in [0.1, 0.15) is 5.75 Å². The first-order valence-corrected chi connectivity index (χ1v) is 9.50. The number of guanidine groups is 1. The maximum atomic E-state index is 6.29. The van der Waals surface area contributed by atoms with Crippen LogP contribution in [0.25, 0.3) is 0 Å². The molecule has 1 rings (SSSR count). The smallest absolute Gasteiger partial charge is 0.191 e. The number of nitrogens with zero attached hydrogens (tertiary/aromatic N) is 2. The van der Waals surface area contributed by atoms with Gasteiger partial charge in [0.05, 0.1) is 13.7 Å². The van der Waals surface area contributed by atoms with Gasteiger partial charge < -0.3 is 25.0 Å². The lowest BCUT2D eigenvalue weighted by molar-refractivity contribution is 0.161. The van der Waals surface area contributed by atoms with Crippen molar-refractivity contribution in [3.63, 3.8) is 0 Å². The van der Waals surface area contributed by atoms with Crippen LogP contribution >= 0.6 is 11.6 Å². The normalized spacial score (nSPS) is 11.7. The molecule has 0 radical (unpaired) electrons. The van der Waals surface area contributed by atoms with E-state index in [4.69, 9.17) is 21.1 Å². The zero-order valence-corrected chi connectivity index (χ0v) is 17.2. The minimum atomic E-state index is 0.729. The lowest BCUT2D eigenvalue weighted by Crippen LogP contribution is -2.38. The molecule has 0 saturated carbocycles. The topological polar surface area (TPSA) is 58.1 Å². The van der Waals surface area contributed by atoms with Crippen LogP contribution in [0, 0.1) is 0 Å². The highest BCUT2D eigenvalue weighted by Crippen LogP contribution is 2.22. The molecule has 0 aromatic heterocycles. The highest BCUT2D eigenvalue weighted by molar-refractivity contribution is 6.31. The highest BCUT2D eigenvalue weighted by Gasteiger charge is 2.04. The number of ether oxygens (including phenoxy) is 2. The molecule has 7 heteroatoms. The first-order valence-electron chi connectivity index (χ1n) is 9.12. The van der Waals surface area contributed by atoms with Crippen LogP contribution in [-0.2, 0) is 11.2 Å². The average molecular weight is 385 g/mol. The summed E-state index contributed by atoms with van der Waals surface area (Å²) >= 11 is 6.29. The van der Waals surface area contributed by atoms with Gasteiger partial charge in [-0.25, -0.2) is 0 Å². The van der Waals surface area contributed by atoms with E-state index < -0.39 is 0 Å². The number of benzene rings is 1. The summed E-state index contributed by atoms with van der Waals surface area (Å²) in [7, 11) is 5.47. The molecule has 0 saturated heterocycles. The summed E-state index contributed by atoms with van der Waals surface area (Å²) in [5.74, 6) is 1.62. The molecule has 0 heterocycles. The third-order valence-corrected chi connectivity index (χ3v) is 4.29. The summed E-state index contributed by atoms with van der Waals surface area (Å²) < 4.78 is 10.3. The number of methoxy groups -OCH3 is 2. The largest absolute Gasteiger partial charge is 0.497 e. The second-order valence-electron chi connectivity index (χ2n) is 6.04. The highest BCUT2D eigenvalue weighted by atomic mass is 35.5. The molecule has 0 unspecified atom stereocenters. The Kier molecular flexibility index (Phi) is 11.9. The van der Waals surface area contributed by atoms with Crippen LogP contribution in [0.1, 0.15) is 18.9 Å². The Morgan fingerprint density at radius 3 is 2.69 bits per heavy atom. The molecule has 148 valence electrons. The van der Waals surface area contributed by atoms with E-state index in [0.29, 0.717) is 0 Å². The van der Waals surface area contributed by atoms with Crippen molar-refractivity contribution in [2.24, 2.45) is 4.99 Å². The predicted molar refractivity (Wildman–Crippen MR) is 110 cm³/mol. The van der Waals surface area contributed by atoms with Gasteiger partial charge in [0.15, 0.2) is 5.96 Å². The van der Waals surface area contributed by atoms with Crippen molar-refractivity contribution in [1.29, 1.82) is 0 Å². The van der Waals surface area contributed by atoms with Gasteiger partial charge in [-0.1, -0.05) is 17.7 Å². The van der Waals surface area contributed by atoms with E-state index in [2.05, 4.69) is 34.5 Å². The van der Waals surface area contributed by atoms with Gasteiger partial charge in [-0.2, -0.15) is 0 Å². The summed E-state index contributed by atoms with van der Waals surface area (Å²) in [6.07, 6.45) is 1.84. The second kappa shape index (κ2) is 13.7. The quantitative estimate of drug-likeness (QED) is 0.329. The van der Waals surface area contributed by atoms with E-state index in [1.54, 1.807) is 14.2 Å². The van der Waals surface area contributed by atoms with Crippen molar-refractivity contribution in [2.45, 2.75) is 19.8 Å². The van der Waals surface area contributed by atoms with Crippen LogP contribution in [0.2, 0.25) is 5.02 Å². The van der Waals surface area contributed by atoms with Gasteiger partial charge in [0.25, 0.3) is 0 Å². The fourth-order valence-corrected chi connectivity index (χ4v) is 2.67. The number of likely N-dealkylation sites (N-methyl/N-ethyl adjacent to an activating group) is 1. The van der Waals surface area contributed by atoms with Crippen molar-refractivity contribution < 1.29 is 9.47 Å². The fourth-order valence-electron chi connectivity index (χ4n) is 2.41. The molecular formula is C19H33ClN4O2. The Balaban J connectivity index is 2.37. The summed E-state index contributed by atoms with van der Waals surface area (Å²) in [6.45, 7) is 7.17. The predicted octanol–water partition coefficient (Wildman–Crippen LogP) is 2.41. The third-order valence-electron chi connectivity index (χ3n) is 3.94. The monoisotopic (exact) mass is 384 g/mol. The molecule has 1 aromatic carbocycles. The summed E-state index contributed by atoms with van der Waals surface area (Å²) in [5.41, 5.74) is 1.09. The summed E-state index contributed by atoms with van der Waals surface area (Å²) in [6, 6.07) is 5.78. The van der Waals surface area contributed by atoms with Crippen LogP contribution < -0.4 is 15.4 Å². The average Bonchev–Trinajstić information content (AvgIpc) is 2.64. The number of aliphatic imine (C=N–C) groups is 1. The van der Waals surface area contributed by atoms with Gasteiger partial charge in [-0.15, -0.1) is 0 Å². The van der Waals surface area contributed by atoms with E-state index in [0.717, 1.165) is 74.5 Å². The van der Waals surface area contributed by atoms with Crippen LogP contribution in [0.15, 0.2) is 23.2 Å². The molecule has 0 aliphatic rings. The van der Waals surface area contributed by atoms with Crippen molar-refractivity contribution >= 4 is 17.6 Å². The summed E-state index contributed by atoms with van der Waals surface area (Å²) in [4.78, 5) is 6.89. The van der Waals surface area contributed by atoms with E-state index >= 15 is 0 Å². The maximum absolute atomic E-state index is 6.29. The van der Waals surface area contributed by atoms with Crippen LogP contribution in [0.3, 0.4) is 0 Å². The number of nitrogens with one attached hydrogen (secondary N) is 2. The lowest BCUT2D eigenvalue weighted by Gasteiger charge is -2.15. The molecule has 2 N–H and O–H groups in total. The number of rotatable bonds is 12. The summed E-state index contributed by atoms with van der Waals surface area (Å²) in [5, 5.41) is 7.37. The minimum Gasteiger partial charge on any atom is -0.497 e. The van der Waals surface area contributed by atoms with Gasteiger partial charge in [0.2, 0.25) is 0 Å². The third kappa shape index (κ3) is 9.27. The molecule has 1 aromatic rings. The zero-order valence-electron chi connectivity index (χ0n) is 16.5. The number of hydrogen-bond acceptors (Lipinski definition) is 4. The molecule has 6 nitrogen and oxygen atoms in total. The second-order valence-corrected chi connectivity index (χ2v) is 6.45. The molecule has 26 heavy (non-hydrogen) atoms. The van der Waals surface area contributed by atoms with Crippen LogP contribution in [0.4, 0.5) is 0 Å². The Hall–Kier alpha value is -1.50. The van der Waals surface area contributed by atoms with Crippen LogP contribution in [0.5, 0.6) is 5.75 Å². The Labute approximate surface area is 162 Å². The minimum absolute atomic E-state index is 0.729. The Bertz CT molecular complexity index is 540. The van der Waals surface area contributed by atoms with Crippen molar-refractivity contribution in [2.75, 3.05) is 60.6 Å². The molecule has 0 aliphatic carbocycles. The van der Waals surface area contributed by atoms with Gasteiger partial charge in [-0.3, -0.25) is 4.99 Å². The van der Waals surface area contributed by atoms with E-state index in [9.17, 15) is 0 Å². The van der Waals surface area contributed by atoms with Crippen LogP contribution in [-0.4, -0.2) is 71.5 Å². The lowest BCUT2D eigenvalue weighted by atomic mass is 10.1. The molecule has 0 amide bonds. The molecule has 0 bridgehead atoms.